The SMILES string of the molecule is CC(C)(C)OC(=O)CN[C@@H](CO)C(=O)OC(C)(C)C. The summed E-state index contributed by atoms with van der Waals surface area (Å²) in [6, 6.07) is -0.938. The van der Waals surface area contributed by atoms with Crippen LogP contribution in [0.25, 0.3) is 0 Å². The number of rotatable bonds is 5. The van der Waals surface area contributed by atoms with E-state index in [4.69, 9.17) is 14.6 Å². The van der Waals surface area contributed by atoms with E-state index in [0.29, 0.717) is 0 Å². The van der Waals surface area contributed by atoms with E-state index in [0.717, 1.165) is 0 Å². The molecule has 6 heteroatoms. The third-order valence-corrected chi connectivity index (χ3v) is 1.79. The number of esters is 2. The minimum absolute atomic E-state index is 0.165. The van der Waals surface area contributed by atoms with Crippen molar-refractivity contribution in [2.24, 2.45) is 0 Å². The van der Waals surface area contributed by atoms with Crippen molar-refractivity contribution in [3.8, 4) is 0 Å². The summed E-state index contributed by atoms with van der Waals surface area (Å²) in [5.41, 5.74) is -1.22. The van der Waals surface area contributed by atoms with Gasteiger partial charge in [0.15, 0.2) is 0 Å². The van der Waals surface area contributed by atoms with E-state index in [2.05, 4.69) is 5.32 Å². The molecule has 19 heavy (non-hydrogen) atoms. The molecule has 0 unspecified atom stereocenters. The van der Waals surface area contributed by atoms with E-state index < -0.39 is 35.8 Å². The van der Waals surface area contributed by atoms with Gasteiger partial charge in [0.2, 0.25) is 0 Å². The minimum Gasteiger partial charge on any atom is -0.459 e. The first-order chi connectivity index (χ1) is 8.44. The van der Waals surface area contributed by atoms with Crippen molar-refractivity contribution in [1.82, 2.24) is 5.32 Å². The summed E-state index contributed by atoms with van der Waals surface area (Å²) in [4.78, 5) is 23.2. The lowest BCUT2D eigenvalue weighted by molar-refractivity contribution is -0.159. The Bertz CT molecular complexity index is 314. The molecule has 0 rings (SSSR count). The Morgan fingerprint density at radius 2 is 1.53 bits per heavy atom. The summed E-state index contributed by atoms with van der Waals surface area (Å²) in [5, 5.41) is 11.7. The maximum Gasteiger partial charge on any atom is 0.326 e. The average Bonchev–Trinajstić information content (AvgIpc) is 2.12. The summed E-state index contributed by atoms with van der Waals surface area (Å²) in [6.45, 7) is 9.83. The molecular weight excluding hydrogens is 250 g/mol. The quantitative estimate of drug-likeness (QED) is 0.716. The summed E-state index contributed by atoms with van der Waals surface area (Å²) < 4.78 is 10.2. The highest BCUT2D eigenvalue weighted by Gasteiger charge is 2.25. The summed E-state index contributed by atoms with van der Waals surface area (Å²) in [7, 11) is 0. The molecular formula is C13H25NO5. The van der Waals surface area contributed by atoms with Crippen LogP contribution in [0.2, 0.25) is 0 Å². The Balaban J connectivity index is 4.28. The maximum atomic E-state index is 11.7. The highest BCUT2D eigenvalue weighted by atomic mass is 16.6. The van der Waals surface area contributed by atoms with E-state index in [9.17, 15) is 9.59 Å². The molecule has 0 aromatic heterocycles. The molecule has 0 aliphatic rings. The smallest absolute Gasteiger partial charge is 0.326 e. The minimum atomic E-state index is -0.938. The van der Waals surface area contributed by atoms with Crippen LogP contribution < -0.4 is 5.32 Å². The van der Waals surface area contributed by atoms with Gasteiger partial charge in [-0.2, -0.15) is 0 Å². The third-order valence-electron chi connectivity index (χ3n) is 1.79. The zero-order valence-electron chi connectivity index (χ0n) is 12.6. The van der Waals surface area contributed by atoms with E-state index in [1.165, 1.54) is 0 Å². The Labute approximate surface area is 114 Å². The number of aliphatic hydroxyl groups is 1. The predicted molar refractivity (Wildman–Crippen MR) is 70.6 cm³/mol. The van der Waals surface area contributed by atoms with Gasteiger partial charge in [0.1, 0.15) is 17.2 Å². The van der Waals surface area contributed by atoms with Gasteiger partial charge in [0.05, 0.1) is 13.2 Å². The molecule has 0 fully saturated rings. The van der Waals surface area contributed by atoms with Crippen LogP contribution in [-0.4, -0.2) is 47.4 Å². The molecule has 0 saturated heterocycles. The lowest BCUT2D eigenvalue weighted by Crippen LogP contribution is -2.46. The van der Waals surface area contributed by atoms with E-state index in [1.54, 1.807) is 41.5 Å². The van der Waals surface area contributed by atoms with Crippen molar-refractivity contribution in [2.45, 2.75) is 58.8 Å². The number of carbonyl (C=O) groups excluding carboxylic acids is 2. The molecule has 112 valence electrons. The van der Waals surface area contributed by atoms with Crippen molar-refractivity contribution in [2.75, 3.05) is 13.2 Å². The van der Waals surface area contributed by atoms with Crippen LogP contribution in [0.15, 0.2) is 0 Å². The largest absolute Gasteiger partial charge is 0.459 e. The first-order valence-corrected chi connectivity index (χ1v) is 6.23. The molecule has 0 aliphatic carbocycles. The first-order valence-electron chi connectivity index (χ1n) is 6.23. The number of hydrogen-bond acceptors (Lipinski definition) is 6. The molecule has 2 N–H and O–H groups in total. The average molecular weight is 275 g/mol. The maximum absolute atomic E-state index is 11.7. The lowest BCUT2D eigenvalue weighted by atomic mass is 10.2. The molecule has 0 saturated carbocycles. The second-order valence-electron chi connectivity index (χ2n) is 6.24. The molecule has 0 heterocycles. The van der Waals surface area contributed by atoms with Crippen LogP contribution in [0.5, 0.6) is 0 Å². The Morgan fingerprint density at radius 3 is 1.89 bits per heavy atom. The van der Waals surface area contributed by atoms with Crippen molar-refractivity contribution in [3.05, 3.63) is 0 Å². The summed E-state index contributed by atoms with van der Waals surface area (Å²) in [5.74, 6) is -1.09. The summed E-state index contributed by atoms with van der Waals surface area (Å²) in [6.07, 6.45) is 0. The van der Waals surface area contributed by atoms with Gasteiger partial charge in [-0.15, -0.1) is 0 Å². The molecule has 0 amide bonds. The topological polar surface area (TPSA) is 84.9 Å². The van der Waals surface area contributed by atoms with Crippen molar-refractivity contribution >= 4 is 11.9 Å². The predicted octanol–water partition coefficient (Wildman–Crippen LogP) is 0.620. The van der Waals surface area contributed by atoms with Gasteiger partial charge in [0.25, 0.3) is 0 Å². The fourth-order valence-electron chi connectivity index (χ4n) is 1.18. The Morgan fingerprint density at radius 1 is 1.05 bits per heavy atom. The Kier molecular flexibility index (Phi) is 6.45. The lowest BCUT2D eigenvalue weighted by Gasteiger charge is -2.24. The van der Waals surface area contributed by atoms with Crippen LogP contribution in [-0.2, 0) is 19.1 Å². The van der Waals surface area contributed by atoms with E-state index >= 15 is 0 Å². The van der Waals surface area contributed by atoms with Crippen LogP contribution in [0.3, 0.4) is 0 Å². The molecule has 1 atom stereocenters. The summed E-state index contributed by atoms with van der Waals surface area (Å²) >= 11 is 0. The first kappa shape index (κ1) is 17.9. The van der Waals surface area contributed by atoms with E-state index in [1.807, 2.05) is 0 Å². The molecule has 0 aliphatic heterocycles. The third kappa shape index (κ3) is 9.44. The van der Waals surface area contributed by atoms with Crippen LogP contribution in [0.1, 0.15) is 41.5 Å². The van der Waals surface area contributed by atoms with Gasteiger partial charge in [-0.25, -0.2) is 0 Å². The molecule has 6 nitrogen and oxygen atoms in total. The monoisotopic (exact) mass is 275 g/mol. The highest BCUT2D eigenvalue weighted by Crippen LogP contribution is 2.09. The van der Waals surface area contributed by atoms with Gasteiger partial charge in [-0.1, -0.05) is 0 Å². The number of hydrogen-bond donors (Lipinski definition) is 2. The normalized spacial score (nSPS) is 13.8. The van der Waals surface area contributed by atoms with E-state index in [-0.39, 0.29) is 6.54 Å². The Hall–Kier alpha value is -1.14. The van der Waals surface area contributed by atoms with Gasteiger partial charge < -0.3 is 14.6 Å². The molecule has 0 aromatic rings. The van der Waals surface area contributed by atoms with Crippen LogP contribution >= 0.6 is 0 Å². The highest BCUT2D eigenvalue weighted by molar-refractivity contribution is 5.78. The molecule has 0 spiro atoms. The van der Waals surface area contributed by atoms with Crippen LogP contribution in [0.4, 0.5) is 0 Å². The second-order valence-corrected chi connectivity index (χ2v) is 6.24. The fourth-order valence-corrected chi connectivity index (χ4v) is 1.18. The van der Waals surface area contributed by atoms with Gasteiger partial charge in [-0.05, 0) is 41.5 Å². The molecule has 0 aromatic carbocycles. The second kappa shape index (κ2) is 6.86. The van der Waals surface area contributed by atoms with Gasteiger partial charge in [-0.3, -0.25) is 14.9 Å². The zero-order chi connectivity index (χ0) is 15.3. The number of carbonyl (C=O) groups is 2. The van der Waals surface area contributed by atoms with Crippen LogP contribution in [0, 0.1) is 0 Å². The molecule has 0 bridgehead atoms. The number of nitrogens with one attached hydrogen (secondary N) is 1. The molecule has 0 radical (unpaired) electrons. The number of ether oxygens (including phenoxy) is 2. The zero-order valence-corrected chi connectivity index (χ0v) is 12.6. The number of aliphatic hydroxyl groups excluding tert-OH is 1. The van der Waals surface area contributed by atoms with Crippen molar-refractivity contribution in [3.63, 3.8) is 0 Å². The van der Waals surface area contributed by atoms with Crippen molar-refractivity contribution < 1.29 is 24.2 Å². The van der Waals surface area contributed by atoms with Crippen molar-refractivity contribution in [1.29, 1.82) is 0 Å². The van der Waals surface area contributed by atoms with Gasteiger partial charge in [0, 0.05) is 0 Å². The fraction of sp³-hybridized carbons (Fsp3) is 0.846. The standard InChI is InChI=1S/C13H25NO5/c1-12(2,3)18-10(16)7-14-9(8-15)11(17)19-13(4,5)6/h9,14-15H,7-8H2,1-6H3/t9-/m0/s1. The van der Waals surface area contributed by atoms with Gasteiger partial charge >= 0.3 is 11.9 Å².